The van der Waals surface area contributed by atoms with E-state index in [1.807, 2.05) is 6.79 Å². The quantitative estimate of drug-likeness (QED) is 0.588. The van der Waals surface area contributed by atoms with Crippen LogP contribution in [0.25, 0.3) is 0 Å². The fraction of sp³-hybridized carbons (Fsp3) is 0.875. The van der Waals surface area contributed by atoms with Crippen molar-refractivity contribution in [2.24, 2.45) is 0 Å². The molecule has 11 heavy (non-hydrogen) atoms. The summed E-state index contributed by atoms with van der Waals surface area (Å²) in [7, 11) is 0. The van der Waals surface area contributed by atoms with Crippen LogP contribution in [-0.2, 0) is 4.79 Å². The van der Waals surface area contributed by atoms with E-state index in [1.165, 1.54) is 13.1 Å². The first-order valence-corrected chi connectivity index (χ1v) is 4.04. The molecule has 1 aliphatic heterocycles. The molecule has 1 rings (SSSR count). The maximum atomic E-state index is 8.00. The Hall–Kier alpha value is -0.410. The van der Waals surface area contributed by atoms with Crippen molar-refractivity contribution in [1.29, 1.82) is 0 Å². The second-order valence-electron chi connectivity index (χ2n) is 2.88. The highest BCUT2D eigenvalue weighted by Gasteiger charge is 2.11. The van der Waals surface area contributed by atoms with Crippen LogP contribution in [0.1, 0.15) is 13.8 Å². The highest BCUT2D eigenvalue weighted by molar-refractivity contribution is 5.10. The first kappa shape index (κ1) is 10.6. The van der Waals surface area contributed by atoms with Crippen LogP contribution in [0, 0.1) is 0 Å². The summed E-state index contributed by atoms with van der Waals surface area (Å²) in [4.78, 5) is 10.5. The largest absolute Gasteiger partial charge is 0.314 e. The summed E-state index contributed by atoms with van der Waals surface area (Å²) < 4.78 is 0. The molecule has 3 nitrogen and oxygen atoms in total. The third-order valence-electron chi connectivity index (χ3n) is 1.88. The topological polar surface area (TPSA) is 32.3 Å². The fourth-order valence-corrected chi connectivity index (χ4v) is 1.20. The van der Waals surface area contributed by atoms with Gasteiger partial charge >= 0.3 is 0 Å². The van der Waals surface area contributed by atoms with Gasteiger partial charge in [-0.25, -0.2) is 0 Å². The van der Waals surface area contributed by atoms with E-state index in [4.69, 9.17) is 4.79 Å². The molecule has 66 valence electrons. The lowest BCUT2D eigenvalue weighted by molar-refractivity contribution is -0.0979. The number of hydrogen-bond acceptors (Lipinski definition) is 3. The number of hydrogen-bond donors (Lipinski definition) is 1. The normalized spacial score (nSPS) is 19.2. The van der Waals surface area contributed by atoms with Gasteiger partial charge in [0.1, 0.15) is 6.79 Å². The summed E-state index contributed by atoms with van der Waals surface area (Å²) in [6, 6.07) is 0.729. The molecule has 0 aromatic rings. The third kappa shape index (κ3) is 4.11. The molecule has 0 aromatic carbocycles. The fourth-order valence-electron chi connectivity index (χ4n) is 1.20. The van der Waals surface area contributed by atoms with Crippen molar-refractivity contribution < 1.29 is 4.79 Å². The summed E-state index contributed by atoms with van der Waals surface area (Å²) in [5.74, 6) is 0. The second kappa shape index (κ2) is 6.31. The predicted octanol–water partition coefficient (Wildman–Crippen LogP) is 0.115. The number of nitrogens with one attached hydrogen (secondary N) is 1. The molecule has 0 radical (unpaired) electrons. The molecule has 1 N–H and O–H groups in total. The van der Waals surface area contributed by atoms with E-state index >= 15 is 0 Å². The van der Waals surface area contributed by atoms with E-state index in [9.17, 15) is 0 Å². The molecule has 1 heterocycles. The SMILES string of the molecule is C=O.CC(C)N1CCNCC1. The Morgan fingerprint density at radius 1 is 1.27 bits per heavy atom. The summed E-state index contributed by atoms with van der Waals surface area (Å²) in [5.41, 5.74) is 0. The molecule has 0 aliphatic carbocycles. The van der Waals surface area contributed by atoms with Gasteiger partial charge in [0.2, 0.25) is 0 Å². The van der Waals surface area contributed by atoms with Gasteiger partial charge in [0, 0.05) is 32.2 Å². The van der Waals surface area contributed by atoms with E-state index in [2.05, 4.69) is 24.1 Å². The van der Waals surface area contributed by atoms with Gasteiger partial charge in [0.05, 0.1) is 0 Å². The lowest BCUT2D eigenvalue weighted by atomic mass is 10.3. The van der Waals surface area contributed by atoms with E-state index in [-0.39, 0.29) is 0 Å². The lowest BCUT2D eigenvalue weighted by Gasteiger charge is -2.30. The maximum Gasteiger partial charge on any atom is 0.106 e. The Kier molecular flexibility index (Phi) is 6.07. The lowest BCUT2D eigenvalue weighted by Crippen LogP contribution is -2.46. The van der Waals surface area contributed by atoms with Crippen LogP contribution in [0.5, 0.6) is 0 Å². The number of carbonyl (C=O) groups excluding carboxylic acids is 1. The highest BCUT2D eigenvalue weighted by Crippen LogP contribution is 1.97. The van der Waals surface area contributed by atoms with Gasteiger partial charge in [0.15, 0.2) is 0 Å². The molecule has 0 spiro atoms. The van der Waals surface area contributed by atoms with Crippen molar-refractivity contribution in [3.05, 3.63) is 0 Å². The van der Waals surface area contributed by atoms with Gasteiger partial charge in [-0.15, -0.1) is 0 Å². The number of piperazine rings is 1. The summed E-state index contributed by atoms with van der Waals surface area (Å²) in [6.45, 7) is 11.3. The standard InChI is InChI=1S/C7H16N2.CH2O/c1-7(2)9-5-3-8-4-6-9;1-2/h7-8H,3-6H2,1-2H3;1H2. The van der Waals surface area contributed by atoms with Crippen molar-refractivity contribution in [1.82, 2.24) is 10.2 Å². The molecular weight excluding hydrogens is 140 g/mol. The van der Waals surface area contributed by atoms with Crippen molar-refractivity contribution in [3.8, 4) is 0 Å². The Morgan fingerprint density at radius 2 is 1.73 bits per heavy atom. The molecule has 1 fully saturated rings. The number of rotatable bonds is 1. The van der Waals surface area contributed by atoms with Gasteiger partial charge in [-0.05, 0) is 13.8 Å². The van der Waals surface area contributed by atoms with Crippen LogP contribution < -0.4 is 5.32 Å². The molecule has 3 heteroatoms. The van der Waals surface area contributed by atoms with E-state index in [1.54, 1.807) is 0 Å². The van der Waals surface area contributed by atoms with E-state index in [0.29, 0.717) is 0 Å². The predicted molar refractivity (Wildman–Crippen MR) is 46.7 cm³/mol. The Bertz CT molecular complexity index is 90.1. The van der Waals surface area contributed by atoms with Crippen LogP contribution in [0.15, 0.2) is 0 Å². The zero-order chi connectivity index (χ0) is 8.69. The molecule has 0 atom stereocenters. The Labute approximate surface area is 68.8 Å². The summed E-state index contributed by atoms with van der Waals surface area (Å²) in [5, 5.41) is 3.33. The molecule has 0 aromatic heterocycles. The molecule has 1 aliphatic rings. The van der Waals surface area contributed by atoms with Crippen LogP contribution in [-0.4, -0.2) is 43.9 Å². The van der Waals surface area contributed by atoms with Crippen LogP contribution in [0.2, 0.25) is 0 Å². The summed E-state index contributed by atoms with van der Waals surface area (Å²) in [6.07, 6.45) is 0. The minimum absolute atomic E-state index is 0.729. The van der Waals surface area contributed by atoms with Crippen molar-refractivity contribution in [3.63, 3.8) is 0 Å². The van der Waals surface area contributed by atoms with Crippen molar-refractivity contribution >= 4 is 6.79 Å². The highest BCUT2D eigenvalue weighted by atomic mass is 16.1. The molecule has 0 bridgehead atoms. The van der Waals surface area contributed by atoms with Crippen molar-refractivity contribution in [2.75, 3.05) is 26.2 Å². The van der Waals surface area contributed by atoms with Crippen molar-refractivity contribution in [2.45, 2.75) is 19.9 Å². The summed E-state index contributed by atoms with van der Waals surface area (Å²) >= 11 is 0. The van der Waals surface area contributed by atoms with Crippen LogP contribution >= 0.6 is 0 Å². The van der Waals surface area contributed by atoms with Gasteiger partial charge in [-0.2, -0.15) is 0 Å². The minimum Gasteiger partial charge on any atom is -0.314 e. The molecular formula is C8H18N2O. The molecule has 0 saturated carbocycles. The Morgan fingerprint density at radius 3 is 2.00 bits per heavy atom. The smallest absolute Gasteiger partial charge is 0.106 e. The number of carbonyl (C=O) groups is 1. The van der Waals surface area contributed by atoms with E-state index < -0.39 is 0 Å². The average molecular weight is 158 g/mol. The van der Waals surface area contributed by atoms with Gasteiger partial charge in [0.25, 0.3) is 0 Å². The van der Waals surface area contributed by atoms with E-state index in [0.717, 1.165) is 19.1 Å². The first-order valence-electron chi connectivity index (χ1n) is 4.04. The Balaban J connectivity index is 0.000000461. The third-order valence-corrected chi connectivity index (χ3v) is 1.88. The average Bonchev–Trinajstić information content (AvgIpc) is 2.10. The minimum atomic E-state index is 0.729. The monoisotopic (exact) mass is 158 g/mol. The molecule has 1 saturated heterocycles. The zero-order valence-corrected chi connectivity index (χ0v) is 7.47. The second-order valence-corrected chi connectivity index (χ2v) is 2.88. The first-order chi connectivity index (χ1) is 5.30. The number of nitrogens with zero attached hydrogens (tertiary/aromatic N) is 1. The zero-order valence-electron chi connectivity index (χ0n) is 7.47. The van der Waals surface area contributed by atoms with Crippen LogP contribution in [0.4, 0.5) is 0 Å². The van der Waals surface area contributed by atoms with Crippen LogP contribution in [0.3, 0.4) is 0 Å². The van der Waals surface area contributed by atoms with Gasteiger partial charge in [-0.3, -0.25) is 4.90 Å². The molecule has 0 amide bonds. The maximum absolute atomic E-state index is 8.00. The van der Waals surface area contributed by atoms with Gasteiger partial charge < -0.3 is 10.1 Å². The van der Waals surface area contributed by atoms with Gasteiger partial charge in [-0.1, -0.05) is 0 Å². The molecule has 0 unspecified atom stereocenters.